The maximum Gasteiger partial charge on any atom is 0.222 e. The van der Waals surface area contributed by atoms with E-state index in [4.69, 9.17) is 0 Å². The van der Waals surface area contributed by atoms with Crippen LogP contribution < -0.4 is 5.32 Å². The van der Waals surface area contributed by atoms with Gasteiger partial charge in [-0.1, -0.05) is 0 Å². The van der Waals surface area contributed by atoms with Gasteiger partial charge in [0.1, 0.15) is 0 Å². The molecule has 5 nitrogen and oxygen atoms in total. The SMILES string of the molecule is CNCCN(C)C(=O)CC1CCS(=O)(=O)C1. The van der Waals surface area contributed by atoms with Crippen molar-refractivity contribution >= 4 is 15.7 Å². The molecule has 1 aliphatic heterocycles. The summed E-state index contributed by atoms with van der Waals surface area (Å²) >= 11 is 0. The molecule has 1 amide bonds. The van der Waals surface area contributed by atoms with Crippen molar-refractivity contribution < 1.29 is 13.2 Å². The maximum absolute atomic E-state index is 11.7. The molecule has 0 spiro atoms. The Morgan fingerprint density at radius 2 is 2.19 bits per heavy atom. The summed E-state index contributed by atoms with van der Waals surface area (Å²) in [6.45, 7) is 1.42. The van der Waals surface area contributed by atoms with Gasteiger partial charge in [0.2, 0.25) is 5.91 Å². The monoisotopic (exact) mass is 248 g/mol. The predicted octanol–water partition coefficient (Wildman–Crippen LogP) is -0.511. The largest absolute Gasteiger partial charge is 0.344 e. The third kappa shape index (κ3) is 4.09. The molecule has 0 aromatic heterocycles. The first kappa shape index (κ1) is 13.4. The van der Waals surface area contributed by atoms with E-state index >= 15 is 0 Å². The Hall–Kier alpha value is -0.620. The van der Waals surface area contributed by atoms with Crippen molar-refractivity contribution in [3.63, 3.8) is 0 Å². The smallest absolute Gasteiger partial charge is 0.222 e. The molecule has 6 heteroatoms. The zero-order valence-corrected chi connectivity index (χ0v) is 10.7. The molecule has 0 aromatic carbocycles. The third-order valence-electron chi connectivity index (χ3n) is 2.91. The summed E-state index contributed by atoms with van der Waals surface area (Å²) in [5.41, 5.74) is 0. The number of carbonyl (C=O) groups is 1. The van der Waals surface area contributed by atoms with Gasteiger partial charge in [-0.05, 0) is 19.4 Å². The Morgan fingerprint density at radius 1 is 1.50 bits per heavy atom. The molecule has 0 saturated carbocycles. The molecule has 1 aliphatic rings. The molecule has 0 aromatic rings. The highest BCUT2D eigenvalue weighted by Gasteiger charge is 2.29. The van der Waals surface area contributed by atoms with Gasteiger partial charge in [0.05, 0.1) is 11.5 Å². The first-order valence-electron chi connectivity index (χ1n) is 5.53. The first-order chi connectivity index (χ1) is 7.44. The Bertz CT molecular complexity index is 340. The van der Waals surface area contributed by atoms with Crippen LogP contribution in [0.5, 0.6) is 0 Å². The molecule has 1 heterocycles. The molecule has 1 saturated heterocycles. The fraction of sp³-hybridized carbons (Fsp3) is 0.900. The van der Waals surface area contributed by atoms with Gasteiger partial charge in [-0.25, -0.2) is 8.42 Å². The van der Waals surface area contributed by atoms with E-state index in [9.17, 15) is 13.2 Å². The standard InChI is InChI=1S/C10H20N2O3S/c1-11-4-5-12(2)10(13)7-9-3-6-16(14,15)8-9/h9,11H,3-8H2,1-2H3. The quantitative estimate of drug-likeness (QED) is 0.711. The molecule has 1 fully saturated rings. The van der Waals surface area contributed by atoms with Crippen LogP contribution in [0.25, 0.3) is 0 Å². The highest BCUT2D eigenvalue weighted by atomic mass is 32.2. The lowest BCUT2D eigenvalue weighted by Gasteiger charge is -2.18. The summed E-state index contributed by atoms with van der Waals surface area (Å²) in [5, 5.41) is 2.97. The van der Waals surface area contributed by atoms with Gasteiger partial charge in [0.15, 0.2) is 9.84 Å². The van der Waals surface area contributed by atoms with Crippen molar-refractivity contribution in [2.75, 3.05) is 38.7 Å². The average molecular weight is 248 g/mol. The summed E-state index contributed by atoms with van der Waals surface area (Å²) in [4.78, 5) is 13.4. The Labute approximate surface area is 97.1 Å². The topological polar surface area (TPSA) is 66.5 Å². The van der Waals surface area contributed by atoms with Crippen molar-refractivity contribution in [3.8, 4) is 0 Å². The zero-order chi connectivity index (χ0) is 12.2. The van der Waals surface area contributed by atoms with E-state index in [-0.39, 0.29) is 23.3 Å². The number of amides is 1. The van der Waals surface area contributed by atoms with Crippen LogP contribution in [0.4, 0.5) is 0 Å². The summed E-state index contributed by atoms with van der Waals surface area (Å²) in [6.07, 6.45) is 0.993. The Morgan fingerprint density at radius 3 is 2.69 bits per heavy atom. The van der Waals surface area contributed by atoms with Crippen LogP contribution in [-0.2, 0) is 14.6 Å². The molecule has 1 rings (SSSR count). The fourth-order valence-electron chi connectivity index (χ4n) is 1.84. The molecule has 0 aliphatic carbocycles. The lowest BCUT2D eigenvalue weighted by molar-refractivity contribution is -0.130. The van der Waals surface area contributed by atoms with Crippen molar-refractivity contribution in [1.29, 1.82) is 0 Å². The van der Waals surface area contributed by atoms with Gasteiger partial charge >= 0.3 is 0 Å². The molecule has 94 valence electrons. The number of hydrogen-bond donors (Lipinski definition) is 1. The van der Waals surface area contributed by atoms with Gasteiger partial charge in [-0.15, -0.1) is 0 Å². The number of nitrogens with zero attached hydrogens (tertiary/aromatic N) is 1. The van der Waals surface area contributed by atoms with E-state index in [1.54, 1.807) is 11.9 Å². The summed E-state index contributed by atoms with van der Waals surface area (Å²) < 4.78 is 22.5. The van der Waals surface area contributed by atoms with Crippen molar-refractivity contribution in [1.82, 2.24) is 10.2 Å². The molecular weight excluding hydrogens is 228 g/mol. The van der Waals surface area contributed by atoms with Crippen LogP contribution >= 0.6 is 0 Å². The molecular formula is C10H20N2O3S. The normalized spacial score (nSPS) is 23.2. The van der Waals surface area contributed by atoms with Crippen LogP contribution in [0.3, 0.4) is 0 Å². The lowest BCUT2D eigenvalue weighted by Crippen LogP contribution is -2.33. The van der Waals surface area contributed by atoms with Crippen molar-refractivity contribution in [2.45, 2.75) is 12.8 Å². The van der Waals surface area contributed by atoms with Gasteiger partial charge < -0.3 is 10.2 Å². The summed E-state index contributed by atoms with van der Waals surface area (Å²) in [5.74, 6) is 0.482. The van der Waals surface area contributed by atoms with E-state index in [1.165, 1.54) is 0 Å². The molecule has 1 atom stereocenters. The van der Waals surface area contributed by atoms with E-state index in [0.29, 0.717) is 19.4 Å². The number of sulfone groups is 1. The maximum atomic E-state index is 11.7. The minimum atomic E-state index is -2.87. The summed E-state index contributed by atoms with van der Waals surface area (Å²) in [7, 11) is 0.721. The van der Waals surface area contributed by atoms with Crippen molar-refractivity contribution in [3.05, 3.63) is 0 Å². The molecule has 1 unspecified atom stereocenters. The predicted molar refractivity (Wildman–Crippen MR) is 62.9 cm³/mol. The minimum Gasteiger partial charge on any atom is -0.344 e. The van der Waals surface area contributed by atoms with Crippen molar-refractivity contribution in [2.24, 2.45) is 5.92 Å². The van der Waals surface area contributed by atoms with Crippen LogP contribution in [0.2, 0.25) is 0 Å². The molecule has 0 radical (unpaired) electrons. The van der Waals surface area contributed by atoms with Gasteiger partial charge in [-0.2, -0.15) is 0 Å². The van der Waals surface area contributed by atoms with E-state index in [0.717, 1.165) is 6.54 Å². The van der Waals surface area contributed by atoms with E-state index < -0.39 is 9.84 Å². The van der Waals surface area contributed by atoms with E-state index in [1.807, 2.05) is 7.05 Å². The first-order valence-corrected chi connectivity index (χ1v) is 7.36. The number of rotatable bonds is 5. The zero-order valence-electron chi connectivity index (χ0n) is 9.90. The fourth-order valence-corrected chi connectivity index (χ4v) is 3.70. The highest BCUT2D eigenvalue weighted by Crippen LogP contribution is 2.21. The second kappa shape index (κ2) is 5.63. The highest BCUT2D eigenvalue weighted by molar-refractivity contribution is 7.91. The minimum absolute atomic E-state index is 0.0227. The van der Waals surface area contributed by atoms with Gasteiger partial charge in [0, 0.05) is 26.6 Å². The second-order valence-electron chi connectivity index (χ2n) is 4.39. The lowest BCUT2D eigenvalue weighted by atomic mass is 10.0. The average Bonchev–Trinajstić information content (AvgIpc) is 2.54. The van der Waals surface area contributed by atoms with Gasteiger partial charge in [0.25, 0.3) is 0 Å². The number of likely N-dealkylation sites (N-methyl/N-ethyl adjacent to an activating group) is 2. The molecule has 0 bridgehead atoms. The number of nitrogens with one attached hydrogen (secondary N) is 1. The number of carbonyl (C=O) groups excluding carboxylic acids is 1. The number of hydrogen-bond acceptors (Lipinski definition) is 4. The Kier molecular flexibility index (Phi) is 4.73. The van der Waals surface area contributed by atoms with Crippen LogP contribution in [0.15, 0.2) is 0 Å². The molecule has 1 N–H and O–H groups in total. The Balaban J connectivity index is 2.35. The third-order valence-corrected chi connectivity index (χ3v) is 4.75. The molecule has 16 heavy (non-hydrogen) atoms. The van der Waals surface area contributed by atoms with Crippen LogP contribution in [0.1, 0.15) is 12.8 Å². The van der Waals surface area contributed by atoms with E-state index in [2.05, 4.69) is 5.32 Å². The van der Waals surface area contributed by atoms with Crippen LogP contribution in [0, 0.1) is 5.92 Å². The van der Waals surface area contributed by atoms with Gasteiger partial charge in [-0.3, -0.25) is 4.79 Å². The summed E-state index contributed by atoms with van der Waals surface area (Å²) in [6, 6.07) is 0. The second-order valence-corrected chi connectivity index (χ2v) is 6.62. The van der Waals surface area contributed by atoms with Crippen LogP contribution in [-0.4, -0.2) is 57.9 Å².